The van der Waals surface area contributed by atoms with Crippen LogP contribution in [0.4, 0.5) is 26.3 Å². The first-order valence-corrected chi connectivity index (χ1v) is 7.06. The van der Waals surface area contributed by atoms with Crippen molar-refractivity contribution in [3.8, 4) is 0 Å². The molecule has 0 aliphatic rings. The molecule has 0 aromatic heterocycles. The van der Waals surface area contributed by atoms with Crippen LogP contribution in [0.1, 0.15) is 0 Å². The van der Waals surface area contributed by atoms with Gasteiger partial charge in [0.25, 0.3) is 0 Å². The van der Waals surface area contributed by atoms with Gasteiger partial charge in [-0.05, 0) is 0 Å². The standard InChI is InChI=1S/C5H3F6IO4/c1-12(15-2(13)4(6,7)8)16-3(14)5(9,10)11/h1H3. The Morgan fingerprint density at radius 1 is 0.875 bits per heavy atom. The summed E-state index contributed by atoms with van der Waals surface area (Å²) in [6.07, 6.45) is -10.7. The maximum atomic E-state index is 11.6. The molecule has 0 bridgehead atoms. The molecule has 0 saturated carbocycles. The summed E-state index contributed by atoms with van der Waals surface area (Å²) in [5.41, 5.74) is 0. The van der Waals surface area contributed by atoms with Crippen molar-refractivity contribution in [2.75, 3.05) is 4.93 Å². The Labute approximate surface area is 92.4 Å². The van der Waals surface area contributed by atoms with Crippen LogP contribution in [0.15, 0.2) is 0 Å². The Hall–Kier alpha value is -0.750. The molecule has 0 aliphatic carbocycles. The van der Waals surface area contributed by atoms with Crippen LogP contribution >= 0.6 is 20.6 Å². The topological polar surface area (TPSA) is 52.6 Å². The minimum absolute atomic E-state index is 0.692. The van der Waals surface area contributed by atoms with Crippen molar-refractivity contribution >= 4 is 32.6 Å². The first-order valence-electron chi connectivity index (χ1n) is 3.14. The predicted octanol–water partition coefficient (Wildman–Crippen LogP) is 2.16. The number of carbonyl (C=O) groups excluding carboxylic acids is 2. The Bertz CT molecular complexity index is 256. The first kappa shape index (κ1) is 15.2. The van der Waals surface area contributed by atoms with E-state index in [9.17, 15) is 35.9 Å². The summed E-state index contributed by atoms with van der Waals surface area (Å²) in [4.78, 5) is 20.9. The summed E-state index contributed by atoms with van der Waals surface area (Å²) in [5.74, 6) is -5.37. The third-order valence-electron chi connectivity index (χ3n) is 0.820. The van der Waals surface area contributed by atoms with Crippen molar-refractivity contribution in [2.24, 2.45) is 0 Å². The fourth-order valence-electron chi connectivity index (χ4n) is 0.301. The monoisotopic (exact) mass is 368 g/mol. The van der Waals surface area contributed by atoms with E-state index in [1.165, 1.54) is 0 Å². The van der Waals surface area contributed by atoms with Crippen molar-refractivity contribution in [3.63, 3.8) is 0 Å². The van der Waals surface area contributed by atoms with Gasteiger partial charge >= 0.3 is 91.9 Å². The van der Waals surface area contributed by atoms with E-state index in [1.54, 1.807) is 0 Å². The van der Waals surface area contributed by atoms with Gasteiger partial charge in [-0.15, -0.1) is 0 Å². The van der Waals surface area contributed by atoms with Gasteiger partial charge in [-0.25, -0.2) is 0 Å². The van der Waals surface area contributed by atoms with Crippen LogP contribution in [0.3, 0.4) is 0 Å². The summed E-state index contributed by atoms with van der Waals surface area (Å²) in [6, 6.07) is 0. The van der Waals surface area contributed by atoms with Gasteiger partial charge in [-0.3, -0.25) is 0 Å². The quantitative estimate of drug-likeness (QED) is 0.426. The normalized spacial score (nSPS) is 13.1. The van der Waals surface area contributed by atoms with Crippen LogP contribution in [-0.4, -0.2) is 29.2 Å². The summed E-state index contributed by atoms with van der Waals surface area (Å²) in [7, 11) is 0. The molecule has 0 saturated heterocycles. The maximum absolute atomic E-state index is 11.6. The van der Waals surface area contributed by atoms with Crippen molar-refractivity contribution in [1.29, 1.82) is 0 Å². The van der Waals surface area contributed by atoms with Crippen molar-refractivity contribution in [1.82, 2.24) is 0 Å². The summed E-state index contributed by atoms with van der Waals surface area (Å²) in [6.45, 7) is 0. The van der Waals surface area contributed by atoms with Gasteiger partial charge in [0.05, 0.1) is 0 Å². The number of hydrogen-bond donors (Lipinski definition) is 0. The van der Waals surface area contributed by atoms with Gasteiger partial charge in [0.1, 0.15) is 0 Å². The van der Waals surface area contributed by atoms with E-state index in [1.807, 2.05) is 0 Å². The summed E-state index contributed by atoms with van der Waals surface area (Å²) >= 11 is -3.83. The second kappa shape index (κ2) is 5.05. The molecule has 0 N–H and O–H groups in total. The van der Waals surface area contributed by atoms with Crippen molar-refractivity contribution < 1.29 is 42.1 Å². The van der Waals surface area contributed by atoms with Crippen LogP contribution < -0.4 is 0 Å². The fourth-order valence-corrected chi connectivity index (χ4v) is 2.02. The number of rotatable bonds is 2. The van der Waals surface area contributed by atoms with Gasteiger partial charge < -0.3 is 0 Å². The van der Waals surface area contributed by atoms with E-state index < -0.39 is 44.9 Å². The van der Waals surface area contributed by atoms with Crippen LogP contribution in [0, 0.1) is 0 Å². The zero-order valence-electron chi connectivity index (χ0n) is 7.28. The number of halogens is 7. The molecule has 16 heavy (non-hydrogen) atoms. The molecule has 96 valence electrons. The van der Waals surface area contributed by atoms with E-state index in [-0.39, 0.29) is 0 Å². The van der Waals surface area contributed by atoms with Gasteiger partial charge in [0.2, 0.25) is 0 Å². The Balaban J connectivity index is 4.26. The van der Waals surface area contributed by atoms with Gasteiger partial charge in [0, 0.05) is 0 Å². The molecule has 11 heteroatoms. The Kier molecular flexibility index (Phi) is 4.82. The zero-order chi connectivity index (χ0) is 13.1. The van der Waals surface area contributed by atoms with Crippen LogP contribution in [0.5, 0.6) is 0 Å². The molecule has 0 unspecified atom stereocenters. The zero-order valence-corrected chi connectivity index (χ0v) is 9.44. The molecule has 0 amide bonds. The van der Waals surface area contributed by atoms with Gasteiger partial charge in [-0.2, -0.15) is 0 Å². The van der Waals surface area contributed by atoms with Crippen molar-refractivity contribution in [3.05, 3.63) is 0 Å². The summed E-state index contributed by atoms with van der Waals surface area (Å²) in [5, 5.41) is 0. The molecular weight excluding hydrogens is 365 g/mol. The minimum atomic E-state index is -5.34. The van der Waals surface area contributed by atoms with Gasteiger partial charge in [-0.1, -0.05) is 0 Å². The first-order chi connectivity index (χ1) is 6.94. The van der Waals surface area contributed by atoms with Crippen LogP contribution in [-0.2, 0) is 15.7 Å². The third kappa shape index (κ3) is 5.37. The molecule has 0 atom stereocenters. The van der Waals surface area contributed by atoms with E-state index in [0.29, 0.717) is 4.93 Å². The number of carbonyl (C=O) groups is 2. The molecule has 0 fully saturated rings. The van der Waals surface area contributed by atoms with Crippen LogP contribution in [0.2, 0.25) is 0 Å². The average molecular weight is 368 g/mol. The van der Waals surface area contributed by atoms with Crippen molar-refractivity contribution in [2.45, 2.75) is 12.4 Å². The Morgan fingerprint density at radius 2 is 1.12 bits per heavy atom. The average Bonchev–Trinajstić information content (AvgIpc) is 1.99. The molecule has 0 heterocycles. The molecule has 0 rings (SSSR count). The number of alkyl halides is 7. The second-order valence-corrected chi connectivity index (χ2v) is 5.10. The Morgan fingerprint density at radius 3 is 1.31 bits per heavy atom. The fraction of sp³-hybridized carbons (Fsp3) is 0.600. The van der Waals surface area contributed by atoms with Crippen LogP contribution in [0.25, 0.3) is 0 Å². The van der Waals surface area contributed by atoms with E-state index >= 15 is 0 Å². The molecule has 4 nitrogen and oxygen atoms in total. The predicted molar refractivity (Wildman–Crippen MR) is 44.2 cm³/mol. The SMILES string of the molecule is CI(OC(=O)C(F)(F)F)OC(=O)C(F)(F)F. The molecule has 0 aromatic carbocycles. The van der Waals surface area contributed by atoms with Gasteiger partial charge in [0.15, 0.2) is 0 Å². The van der Waals surface area contributed by atoms with E-state index in [4.69, 9.17) is 0 Å². The molecule has 0 aromatic rings. The molecule has 0 aliphatic heterocycles. The number of hydrogen-bond acceptors (Lipinski definition) is 4. The van der Waals surface area contributed by atoms with E-state index in [2.05, 4.69) is 6.13 Å². The molecule has 0 spiro atoms. The van der Waals surface area contributed by atoms with E-state index in [0.717, 1.165) is 0 Å². The molecular formula is C5H3F6IO4. The molecule has 0 radical (unpaired) electrons. The summed E-state index contributed by atoms with van der Waals surface area (Å²) < 4.78 is 76.5. The third-order valence-corrected chi connectivity index (χ3v) is 2.86. The second-order valence-electron chi connectivity index (χ2n) is 2.10.